The Balaban J connectivity index is 2.75. The monoisotopic (exact) mass is 278 g/mol. The molecule has 0 aliphatic heterocycles. The minimum absolute atomic E-state index is 0.332. The second kappa shape index (κ2) is 6.41. The van der Waals surface area contributed by atoms with Gasteiger partial charge in [0.25, 0.3) is 0 Å². The Labute approximate surface area is 119 Å². The van der Waals surface area contributed by atoms with Crippen molar-refractivity contribution in [2.24, 2.45) is 0 Å². The standard InChI is InChI=1S/C15H22N2O3/c1-5-17(15(3,4)13(18)19)14(20)16-10-12-9-7-6-8-11(12)2/h6-9H,5,10H2,1-4H3,(H,16,20)(H,18,19). The molecule has 0 saturated heterocycles. The first kappa shape index (κ1) is 16.0. The molecule has 5 nitrogen and oxygen atoms in total. The Morgan fingerprint density at radius 3 is 2.40 bits per heavy atom. The molecule has 0 aromatic heterocycles. The lowest BCUT2D eigenvalue weighted by Crippen LogP contribution is -2.55. The summed E-state index contributed by atoms with van der Waals surface area (Å²) in [6, 6.07) is 7.39. The normalized spacial score (nSPS) is 11.0. The van der Waals surface area contributed by atoms with Gasteiger partial charge >= 0.3 is 12.0 Å². The van der Waals surface area contributed by atoms with E-state index in [1.54, 1.807) is 6.92 Å². The summed E-state index contributed by atoms with van der Waals surface area (Å²) in [6.45, 7) is 7.49. The van der Waals surface area contributed by atoms with E-state index in [0.29, 0.717) is 13.1 Å². The highest BCUT2D eigenvalue weighted by Crippen LogP contribution is 2.15. The van der Waals surface area contributed by atoms with Crippen molar-refractivity contribution < 1.29 is 14.7 Å². The highest BCUT2D eigenvalue weighted by atomic mass is 16.4. The molecule has 2 amide bonds. The van der Waals surface area contributed by atoms with Crippen molar-refractivity contribution >= 4 is 12.0 Å². The van der Waals surface area contributed by atoms with Crippen molar-refractivity contribution in [3.63, 3.8) is 0 Å². The van der Waals surface area contributed by atoms with Crippen LogP contribution in [0.25, 0.3) is 0 Å². The Hall–Kier alpha value is -2.04. The fraction of sp³-hybridized carbons (Fsp3) is 0.467. The molecule has 0 aliphatic rings. The van der Waals surface area contributed by atoms with E-state index in [9.17, 15) is 14.7 Å². The zero-order valence-electron chi connectivity index (χ0n) is 12.4. The Morgan fingerprint density at radius 1 is 1.30 bits per heavy atom. The summed E-state index contributed by atoms with van der Waals surface area (Å²) in [6.07, 6.45) is 0. The molecule has 20 heavy (non-hydrogen) atoms. The molecule has 0 unspecified atom stereocenters. The van der Waals surface area contributed by atoms with Gasteiger partial charge in [-0.1, -0.05) is 24.3 Å². The molecule has 1 aromatic rings. The molecule has 0 radical (unpaired) electrons. The number of nitrogens with zero attached hydrogens (tertiary/aromatic N) is 1. The van der Waals surface area contributed by atoms with Gasteiger partial charge in [0, 0.05) is 13.1 Å². The van der Waals surface area contributed by atoms with E-state index in [1.165, 1.54) is 18.7 Å². The van der Waals surface area contributed by atoms with E-state index in [-0.39, 0.29) is 6.03 Å². The van der Waals surface area contributed by atoms with E-state index in [4.69, 9.17) is 0 Å². The zero-order valence-corrected chi connectivity index (χ0v) is 12.4. The van der Waals surface area contributed by atoms with Gasteiger partial charge in [-0.3, -0.25) is 0 Å². The molecular formula is C15H22N2O3. The van der Waals surface area contributed by atoms with Crippen LogP contribution in [-0.4, -0.2) is 34.1 Å². The van der Waals surface area contributed by atoms with Crippen molar-refractivity contribution in [3.05, 3.63) is 35.4 Å². The van der Waals surface area contributed by atoms with Crippen LogP contribution in [0.4, 0.5) is 4.79 Å². The number of benzene rings is 1. The summed E-state index contributed by atoms with van der Waals surface area (Å²) < 4.78 is 0. The molecule has 110 valence electrons. The van der Waals surface area contributed by atoms with E-state index < -0.39 is 11.5 Å². The number of carboxylic acid groups (broad SMARTS) is 1. The predicted octanol–water partition coefficient (Wildman–Crippen LogP) is 2.39. The number of hydrogen-bond acceptors (Lipinski definition) is 2. The molecule has 1 rings (SSSR count). The molecule has 0 spiro atoms. The number of carboxylic acids is 1. The lowest BCUT2D eigenvalue weighted by Gasteiger charge is -2.34. The molecule has 0 saturated carbocycles. The van der Waals surface area contributed by atoms with Crippen LogP contribution < -0.4 is 5.32 Å². The van der Waals surface area contributed by atoms with Gasteiger partial charge in [-0.05, 0) is 38.8 Å². The van der Waals surface area contributed by atoms with Crippen molar-refractivity contribution in [2.75, 3.05) is 6.54 Å². The Morgan fingerprint density at radius 2 is 1.90 bits per heavy atom. The van der Waals surface area contributed by atoms with E-state index in [2.05, 4.69) is 5.32 Å². The van der Waals surface area contributed by atoms with Crippen LogP contribution in [0, 0.1) is 6.92 Å². The van der Waals surface area contributed by atoms with Crippen LogP contribution in [0.3, 0.4) is 0 Å². The molecular weight excluding hydrogens is 256 g/mol. The maximum atomic E-state index is 12.2. The van der Waals surface area contributed by atoms with Gasteiger partial charge < -0.3 is 15.3 Å². The molecule has 0 bridgehead atoms. The maximum absolute atomic E-state index is 12.2. The van der Waals surface area contributed by atoms with Gasteiger partial charge in [0.05, 0.1) is 0 Å². The summed E-state index contributed by atoms with van der Waals surface area (Å²) in [5, 5.41) is 12.0. The fourth-order valence-electron chi connectivity index (χ4n) is 1.98. The average Bonchev–Trinajstić information content (AvgIpc) is 2.38. The number of urea groups is 1. The molecule has 2 N–H and O–H groups in total. The maximum Gasteiger partial charge on any atom is 0.329 e. The third kappa shape index (κ3) is 3.50. The summed E-state index contributed by atoms with van der Waals surface area (Å²) in [5.74, 6) is -1.02. The Bertz CT molecular complexity index is 498. The summed E-state index contributed by atoms with van der Waals surface area (Å²) >= 11 is 0. The first-order valence-electron chi connectivity index (χ1n) is 6.64. The number of amides is 2. The van der Waals surface area contributed by atoms with Gasteiger partial charge in [-0.2, -0.15) is 0 Å². The van der Waals surface area contributed by atoms with Crippen LogP contribution in [0.5, 0.6) is 0 Å². The topological polar surface area (TPSA) is 69.6 Å². The molecule has 0 fully saturated rings. The SMILES string of the molecule is CCN(C(=O)NCc1ccccc1C)C(C)(C)C(=O)O. The number of carbonyl (C=O) groups excluding carboxylic acids is 1. The quantitative estimate of drug-likeness (QED) is 0.869. The number of carbonyl (C=O) groups is 2. The second-order valence-electron chi connectivity index (χ2n) is 5.19. The number of likely N-dealkylation sites (N-methyl/N-ethyl adjacent to an activating group) is 1. The van der Waals surface area contributed by atoms with Gasteiger partial charge in [0.1, 0.15) is 5.54 Å². The van der Waals surface area contributed by atoms with Gasteiger partial charge in [0.15, 0.2) is 0 Å². The molecule has 0 atom stereocenters. The summed E-state index contributed by atoms with van der Waals surface area (Å²) in [7, 11) is 0. The lowest BCUT2D eigenvalue weighted by molar-refractivity contribution is -0.147. The minimum atomic E-state index is -1.23. The number of hydrogen-bond donors (Lipinski definition) is 2. The minimum Gasteiger partial charge on any atom is -0.480 e. The first-order valence-corrected chi connectivity index (χ1v) is 6.64. The highest BCUT2D eigenvalue weighted by molar-refractivity contribution is 5.85. The van der Waals surface area contributed by atoms with Crippen LogP contribution in [0.2, 0.25) is 0 Å². The van der Waals surface area contributed by atoms with E-state index in [0.717, 1.165) is 11.1 Å². The number of aliphatic carboxylic acids is 1. The molecule has 5 heteroatoms. The number of aryl methyl sites for hydroxylation is 1. The molecule has 1 aromatic carbocycles. The molecule has 0 aliphatic carbocycles. The summed E-state index contributed by atoms with van der Waals surface area (Å²) in [4.78, 5) is 24.7. The smallest absolute Gasteiger partial charge is 0.329 e. The van der Waals surface area contributed by atoms with Crippen LogP contribution in [-0.2, 0) is 11.3 Å². The van der Waals surface area contributed by atoms with Crippen LogP contribution in [0.15, 0.2) is 24.3 Å². The van der Waals surface area contributed by atoms with Gasteiger partial charge in [-0.25, -0.2) is 9.59 Å². The van der Waals surface area contributed by atoms with Crippen molar-refractivity contribution in [1.29, 1.82) is 0 Å². The third-order valence-corrected chi connectivity index (χ3v) is 3.45. The van der Waals surface area contributed by atoms with Gasteiger partial charge in [0.2, 0.25) is 0 Å². The largest absolute Gasteiger partial charge is 0.480 e. The van der Waals surface area contributed by atoms with Crippen molar-refractivity contribution in [3.8, 4) is 0 Å². The number of rotatable bonds is 5. The fourth-order valence-corrected chi connectivity index (χ4v) is 1.98. The third-order valence-electron chi connectivity index (χ3n) is 3.45. The predicted molar refractivity (Wildman–Crippen MR) is 77.5 cm³/mol. The average molecular weight is 278 g/mol. The van der Waals surface area contributed by atoms with Crippen molar-refractivity contribution in [1.82, 2.24) is 10.2 Å². The second-order valence-corrected chi connectivity index (χ2v) is 5.19. The van der Waals surface area contributed by atoms with E-state index >= 15 is 0 Å². The number of nitrogens with one attached hydrogen (secondary N) is 1. The Kier molecular flexibility index (Phi) is 5.13. The zero-order chi connectivity index (χ0) is 15.3. The van der Waals surface area contributed by atoms with Crippen LogP contribution in [0.1, 0.15) is 31.9 Å². The van der Waals surface area contributed by atoms with E-state index in [1.807, 2.05) is 31.2 Å². The van der Waals surface area contributed by atoms with Crippen molar-refractivity contribution in [2.45, 2.75) is 39.8 Å². The highest BCUT2D eigenvalue weighted by Gasteiger charge is 2.36. The van der Waals surface area contributed by atoms with Crippen LogP contribution >= 0.6 is 0 Å². The van der Waals surface area contributed by atoms with Gasteiger partial charge in [-0.15, -0.1) is 0 Å². The lowest BCUT2D eigenvalue weighted by atomic mass is 10.0. The first-order chi connectivity index (χ1) is 9.30. The molecule has 0 heterocycles. The summed E-state index contributed by atoms with van der Waals surface area (Å²) in [5.41, 5.74) is 0.878.